The van der Waals surface area contributed by atoms with E-state index in [9.17, 15) is 4.79 Å². The van der Waals surface area contributed by atoms with E-state index in [1.807, 2.05) is 61.5 Å². The minimum absolute atomic E-state index is 0.0191. The Morgan fingerprint density at radius 3 is 2.39 bits per heavy atom. The van der Waals surface area contributed by atoms with Crippen molar-refractivity contribution >= 4 is 28.6 Å². The van der Waals surface area contributed by atoms with Crippen LogP contribution in [-0.2, 0) is 0 Å². The molecule has 1 fully saturated rings. The van der Waals surface area contributed by atoms with Crippen molar-refractivity contribution in [1.82, 2.24) is 15.3 Å². The van der Waals surface area contributed by atoms with Gasteiger partial charge in [-0.05, 0) is 68.5 Å². The number of hydrogen-bond donors (Lipinski definition) is 2. The first kappa shape index (κ1) is 25.7. The molecule has 0 atom stereocenters. The maximum atomic E-state index is 12.8. The maximum absolute atomic E-state index is 12.8. The Hall–Kier alpha value is -3.35. The Morgan fingerprint density at radius 2 is 1.67 bits per heavy atom. The number of para-hydroxylation sites is 1. The smallest absolute Gasteiger partial charge is 0.251 e. The molecule has 0 spiro atoms. The van der Waals surface area contributed by atoms with Crippen molar-refractivity contribution in [1.29, 1.82) is 0 Å². The molecule has 1 aromatic heterocycles. The van der Waals surface area contributed by atoms with Crippen LogP contribution in [0.25, 0.3) is 10.9 Å². The standard InChI is InChI=1S/C29H39N5O2/c1-4-5-6-9-20-36-24-18-12-21(13-19-24)28(35)30-22-14-16-23(17-15-22)31-29-32-26-11-8-7-10-25(26)27(33-29)34(2)3/h7-8,10-13,18-19,22-23H,4-6,9,14-17,20H2,1-3H3,(H,30,35)(H,31,32,33)/t22-,23+. The predicted octanol–water partition coefficient (Wildman–Crippen LogP) is 5.81. The van der Waals surface area contributed by atoms with Crippen molar-refractivity contribution < 1.29 is 9.53 Å². The summed E-state index contributed by atoms with van der Waals surface area (Å²) in [5, 5.41) is 7.79. The molecule has 0 radical (unpaired) electrons. The summed E-state index contributed by atoms with van der Waals surface area (Å²) in [7, 11) is 4.00. The second-order valence-electron chi connectivity index (χ2n) is 9.88. The maximum Gasteiger partial charge on any atom is 0.251 e. The van der Waals surface area contributed by atoms with Crippen LogP contribution < -0.4 is 20.3 Å². The van der Waals surface area contributed by atoms with Gasteiger partial charge < -0.3 is 20.3 Å². The molecular formula is C29H39N5O2. The van der Waals surface area contributed by atoms with Crippen LogP contribution in [0.5, 0.6) is 5.75 Å². The summed E-state index contributed by atoms with van der Waals surface area (Å²) in [6.07, 6.45) is 8.51. The van der Waals surface area contributed by atoms with Gasteiger partial charge in [-0.1, -0.05) is 38.3 Å². The summed E-state index contributed by atoms with van der Waals surface area (Å²) in [5.41, 5.74) is 1.61. The molecule has 0 unspecified atom stereocenters. The Balaban J connectivity index is 1.25. The summed E-state index contributed by atoms with van der Waals surface area (Å²) < 4.78 is 5.79. The van der Waals surface area contributed by atoms with Crippen LogP contribution in [0.3, 0.4) is 0 Å². The fourth-order valence-corrected chi connectivity index (χ4v) is 4.72. The zero-order valence-corrected chi connectivity index (χ0v) is 21.8. The van der Waals surface area contributed by atoms with Crippen LogP contribution in [0.4, 0.5) is 11.8 Å². The third-order valence-electron chi connectivity index (χ3n) is 6.79. The van der Waals surface area contributed by atoms with Gasteiger partial charge in [-0.25, -0.2) is 4.98 Å². The minimum atomic E-state index is -0.0191. The minimum Gasteiger partial charge on any atom is -0.494 e. The lowest BCUT2D eigenvalue weighted by atomic mass is 9.91. The predicted molar refractivity (Wildman–Crippen MR) is 147 cm³/mol. The second kappa shape index (κ2) is 12.6. The first-order chi connectivity index (χ1) is 17.5. The molecule has 192 valence electrons. The van der Waals surface area contributed by atoms with Crippen LogP contribution >= 0.6 is 0 Å². The fraction of sp³-hybridized carbons (Fsp3) is 0.483. The third-order valence-corrected chi connectivity index (χ3v) is 6.79. The van der Waals surface area contributed by atoms with E-state index in [4.69, 9.17) is 14.7 Å². The molecule has 2 aromatic carbocycles. The number of amides is 1. The molecule has 1 aliphatic rings. The number of fused-ring (bicyclic) bond motifs is 1. The van der Waals surface area contributed by atoms with Crippen LogP contribution in [0.1, 0.15) is 68.6 Å². The lowest BCUT2D eigenvalue weighted by Gasteiger charge is -2.30. The number of carbonyl (C=O) groups excluding carboxylic acids is 1. The van der Waals surface area contributed by atoms with Crippen LogP contribution in [0.15, 0.2) is 48.5 Å². The quantitative estimate of drug-likeness (QED) is 0.331. The molecule has 7 heteroatoms. The van der Waals surface area contributed by atoms with Gasteiger partial charge in [0.15, 0.2) is 0 Å². The van der Waals surface area contributed by atoms with Gasteiger partial charge in [0.1, 0.15) is 11.6 Å². The molecule has 0 bridgehead atoms. The van der Waals surface area contributed by atoms with Crippen LogP contribution in [0, 0.1) is 0 Å². The summed E-state index contributed by atoms with van der Waals surface area (Å²) in [6, 6.07) is 16.0. The Morgan fingerprint density at radius 1 is 0.944 bits per heavy atom. The number of unbranched alkanes of at least 4 members (excludes halogenated alkanes) is 3. The summed E-state index contributed by atoms with van der Waals surface area (Å²) in [5.74, 6) is 2.38. The first-order valence-electron chi connectivity index (χ1n) is 13.3. The van der Waals surface area contributed by atoms with Gasteiger partial charge >= 0.3 is 0 Å². The Labute approximate surface area is 214 Å². The van der Waals surface area contributed by atoms with Crippen molar-refractivity contribution in [3.63, 3.8) is 0 Å². The number of nitrogens with one attached hydrogen (secondary N) is 2. The van der Waals surface area contributed by atoms with E-state index in [1.165, 1.54) is 19.3 Å². The molecule has 1 heterocycles. The lowest BCUT2D eigenvalue weighted by molar-refractivity contribution is 0.0926. The molecule has 1 aliphatic carbocycles. The summed E-state index contributed by atoms with van der Waals surface area (Å²) in [4.78, 5) is 24.3. The zero-order chi connectivity index (χ0) is 25.3. The monoisotopic (exact) mass is 489 g/mol. The molecule has 4 rings (SSSR count). The summed E-state index contributed by atoms with van der Waals surface area (Å²) in [6.45, 7) is 2.93. The SMILES string of the molecule is CCCCCCOc1ccc(C(=O)N[C@H]2CC[C@@H](Nc3nc(N(C)C)c4ccccc4n3)CC2)cc1. The molecule has 36 heavy (non-hydrogen) atoms. The normalized spacial score (nSPS) is 17.5. The molecule has 3 aromatic rings. The average molecular weight is 490 g/mol. The van der Waals surface area contributed by atoms with Crippen molar-refractivity contribution in [2.45, 2.75) is 70.4 Å². The number of aromatic nitrogens is 2. The number of carbonyl (C=O) groups is 1. The van der Waals surface area contributed by atoms with Crippen molar-refractivity contribution in [3.05, 3.63) is 54.1 Å². The van der Waals surface area contributed by atoms with Crippen molar-refractivity contribution in [2.75, 3.05) is 30.9 Å². The number of rotatable bonds is 11. The van der Waals surface area contributed by atoms with Crippen LogP contribution in [-0.4, -0.2) is 48.7 Å². The van der Waals surface area contributed by atoms with E-state index in [-0.39, 0.29) is 11.9 Å². The second-order valence-corrected chi connectivity index (χ2v) is 9.88. The highest BCUT2D eigenvalue weighted by molar-refractivity contribution is 5.94. The van der Waals surface area contributed by atoms with Gasteiger partial charge in [0.2, 0.25) is 5.95 Å². The Kier molecular flexibility index (Phi) is 8.98. The lowest BCUT2D eigenvalue weighted by Crippen LogP contribution is -2.40. The van der Waals surface area contributed by atoms with E-state index >= 15 is 0 Å². The Bertz CT molecular complexity index is 1120. The largest absolute Gasteiger partial charge is 0.494 e. The average Bonchev–Trinajstić information content (AvgIpc) is 2.89. The van der Waals surface area contributed by atoms with Gasteiger partial charge in [0.05, 0.1) is 12.1 Å². The molecule has 0 saturated heterocycles. The molecule has 2 N–H and O–H groups in total. The number of ether oxygens (including phenoxy) is 1. The van der Waals surface area contributed by atoms with Gasteiger partial charge in [-0.15, -0.1) is 0 Å². The van der Waals surface area contributed by atoms with E-state index in [0.29, 0.717) is 17.6 Å². The third kappa shape index (κ3) is 6.86. The molecule has 1 amide bonds. The van der Waals surface area contributed by atoms with E-state index in [1.54, 1.807) is 0 Å². The number of hydrogen-bond acceptors (Lipinski definition) is 6. The van der Waals surface area contributed by atoms with Gasteiger partial charge in [0, 0.05) is 37.1 Å². The van der Waals surface area contributed by atoms with E-state index in [0.717, 1.165) is 61.2 Å². The van der Waals surface area contributed by atoms with Crippen molar-refractivity contribution in [3.8, 4) is 5.75 Å². The zero-order valence-electron chi connectivity index (χ0n) is 21.8. The van der Waals surface area contributed by atoms with Crippen LogP contribution in [0.2, 0.25) is 0 Å². The molecule has 0 aliphatic heterocycles. The van der Waals surface area contributed by atoms with E-state index in [2.05, 4.69) is 23.6 Å². The van der Waals surface area contributed by atoms with Crippen molar-refractivity contribution in [2.24, 2.45) is 0 Å². The number of anilines is 2. The van der Waals surface area contributed by atoms with Gasteiger partial charge in [0.25, 0.3) is 5.91 Å². The number of nitrogens with zero attached hydrogens (tertiary/aromatic N) is 3. The van der Waals surface area contributed by atoms with Gasteiger partial charge in [-0.2, -0.15) is 4.98 Å². The topological polar surface area (TPSA) is 79.4 Å². The molecule has 7 nitrogen and oxygen atoms in total. The highest BCUT2D eigenvalue weighted by Crippen LogP contribution is 2.26. The summed E-state index contributed by atoms with van der Waals surface area (Å²) >= 11 is 0. The highest BCUT2D eigenvalue weighted by atomic mass is 16.5. The molecule has 1 saturated carbocycles. The van der Waals surface area contributed by atoms with E-state index < -0.39 is 0 Å². The highest BCUT2D eigenvalue weighted by Gasteiger charge is 2.24. The fourth-order valence-electron chi connectivity index (χ4n) is 4.72. The number of benzene rings is 2. The van der Waals surface area contributed by atoms with Gasteiger partial charge in [-0.3, -0.25) is 4.79 Å². The molecular weight excluding hydrogens is 450 g/mol. The first-order valence-corrected chi connectivity index (χ1v) is 13.3.